The zero-order valence-corrected chi connectivity index (χ0v) is 14.1. The first-order valence-electron chi connectivity index (χ1n) is 8.67. The summed E-state index contributed by atoms with van der Waals surface area (Å²) in [5.74, 6) is 0.880. The number of H-pyrrole nitrogens is 2. The molecular formula is C23H17N3. The largest absolute Gasteiger partial charge is 0.361 e. The third-order valence-corrected chi connectivity index (χ3v) is 4.64. The second-order valence-corrected chi connectivity index (χ2v) is 6.32. The predicted octanol–water partition coefficient (Wildman–Crippen LogP) is 5.89. The Morgan fingerprint density at radius 3 is 2.15 bits per heavy atom. The van der Waals surface area contributed by atoms with Gasteiger partial charge in [0.25, 0.3) is 0 Å². The molecule has 0 spiro atoms. The lowest BCUT2D eigenvalue weighted by Crippen LogP contribution is -1.82. The predicted molar refractivity (Wildman–Crippen MR) is 107 cm³/mol. The zero-order chi connectivity index (χ0) is 17.3. The van der Waals surface area contributed by atoms with Crippen LogP contribution in [-0.4, -0.2) is 15.0 Å². The molecule has 0 atom stereocenters. The third kappa shape index (κ3) is 2.50. The van der Waals surface area contributed by atoms with Crippen LogP contribution >= 0.6 is 0 Å². The van der Waals surface area contributed by atoms with Crippen molar-refractivity contribution in [1.29, 1.82) is 0 Å². The summed E-state index contributed by atoms with van der Waals surface area (Å²) >= 11 is 0. The molecule has 0 saturated carbocycles. The van der Waals surface area contributed by atoms with Crippen LogP contribution in [0.15, 0.2) is 91.1 Å². The van der Waals surface area contributed by atoms with Gasteiger partial charge in [0, 0.05) is 33.8 Å². The van der Waals surface area contributed by atoms with E-state index in [0.29, 0.717) is 0 Å². The highest BCUT2D eigenvalue weighted by molar-refractivity contribution is 5.86. The lowest BCUT2D eigenvalue weighted by molar-refractivity contribution is 1.31. The van der Waals surface area contributed by atoms with E-state index in [0.717, 1.165) is 39.4 Å². The van der Waals surface area contributed by atoms with E-state index in [9.17, 15) is 0 Å². The summed E-state index contributed by atoms with van der Waals surface area (Å²) in [7, 11) is 0. The number of fused-ring (bicyclic) bond motifs is 1. The number of imidazole rings is 1. The minimum Gasteiger partial charge on any atom is -0.361 e. The standard InChI is InChI=1S/C23H17N3/c1-3-7-16(8-4-1)21-22(17-9-5-2-6-10-17)26-23(25-21)19-11-12-20-18(15-19)13-14-24-20/h1-15,24H,(H,25,26). The highest BCUT2D eigenvalue weighted by Gasteiger charge is 2.15. The van der Waals surface area contributed by atoms with Crippen LogP contribution in [0.3, 0.4) is 0 Å². The average molecular weight is 335 g/mol. The van der Waals surface area contributed by atoms with Crippen molar-refractivity contribution in [3.05, 3.63) is 91.1 Å². The Bertz CT molecular complexity index is 1110. The Kier molecular flexibility index (Phi) is 3.42. The summed E-state index contributed by atoms with van der Waals surface area (Å²) in [5.41, 5.74) is 6.47. The molecule has 124 valence electrons. The number of aromatic amines is 2. The van der Waals surface area contributed by atoms with Gasteiger partial charge in [0.15, 0.2) is 0 Å². The van der Waals surface area contributed by atoms with Gasteiger partial charge < -0.3 is 9.97 Å². The molecule has 0 saturated heterocycles. The van der Waals surface area contributed by atoms with Crippen LogP contribution in [0, 0.1) is 0 Å². The fraction of sp³-hybridized carbons (Fsp3) is 0. The van der Waals surface area contributed by atoms with Gasteiger partial charge in [-0.25, -0.2) is 4.98 Å². The van der Waals surface area contributed by atoms with Crippen LogP contribution < -0.4 is 0 Å². The minimum absolute atomic E-state index is 0.880. The molecule has 0 aliphatic heterocycles. The summed E-state index contributed by atoms with van der Waals surface area (Å²) in [4.78, 5) is 11.7. The van der Waals surface area contributed by atoms with E-state index in [-0.39, 0.29) is 0 Å². The van der Waals surface area contributed by atoms with E-state index in [1.807, 2.05) is 30.5 Å². The van der Waals surface area contributed by atoms with E-state index >= 15 is 0 Å². The average Bonchev–Trinajstić information content (AvgIpc) is 3.36. The van der Waals surface area contributed by atoms with Gasteiger partial charge in [0.1, 0.15) is 5.82 Å². The number of nitrogens with one attached hydrogen (secondary N) is 2. The van der Waals surface area contributed by atoms with Crippen molar-refractivity contribution in [3.63, 3.8) is 0 Å². The van der Waals surface area contributed by atoms with Crippen molar-refractivity contribution < 1.29 is 0 Å². The summed E-state index contributed by atoms with van der Waals surface area (Å²) < 4.78 is 0. The van der Waals surface area contributed by atoms with E-state index in [1.54, 1.807) is 0 Å². The van der Waals surface area contributed by atoms with E-state index in [1.165, 1.54) is 5.39 Å². The Morgan fingerprint density at radius 2 is 1.38 bits per heavy atom. The molecule has 2 N–H and O–H groups in total. The van der Waals surface area contributed by atoms with Crippen LogP contribution in [0.5, 0.6) is 0 Å². The van der Waals surface area contributed by atoms with Crippen molar-refractivity contribution >= 4 is 10.9 Å². The molecule has 0 bridgehead atoms. The van der Waals surface area contributed by atoms with Gasteiger partial charge in [-0.15, -0.1) is 0 Å². The first-order valence-corrected chi connectivity index (χ1v) is 8.67. The molecule has 5 aromatic rings. The fourth-order valence-electron chi connectivity index (χ4n) is 3.33. The van der Waals surface area contributed by atoms with Crippen LogP contribution in [0.25, 0.3) is 44.8 Å². The maximum atomic E-state index is 4.95. The number of aromatic nitrogens is 3. The lowest BCUT2D eigenvalue weighted by Gasteiger charge is -2.02. The topological polar surface area (TPSA) is 44.5 Å². The number of hydrogen-bond donors (Lipinski definition) is 2. The van der Waals surface area contributed by atoms with E-state index in [4.69, 9.17) is 4.98 Å². The highest BCUT2D eigenvalue weighted by Crippen LogP contribution is 2.33. The van der Waals surface area contributed by atoms with E-state index in [2.05, 4.69) is 70.6 Å². The molecule has 0 aliphatic carbocycles. The third-order valence-electron chi connectivity index (χ3n) is 4.64. The lowest BCUT2D eigenvalue weighted by atomic mass is 10.1. The molecule has 3 heteroatoms. The van der Waals surface area contributed by atoms with Gasteiger partial charge in [-0.3, -0.25) is 0 Å². The van der Waals surface area contributed by atoms with Gasteiger partial charge in [0.05, 0.1) is 11.4 Å². The summed E-state index contributed by atoms with van der Waals surface area (Å²) in [6.45, 7) is 0. The van der Waals surface area contributed by atoms with Gasteiger partial charge in [-0.05, 0) is 24.3 Å². The Balaban J connectivity index is 1.71. The Labute approximate surface area is 151 Å². The smallest absolute Gasteiger partial charge is 0.138 e. The molecule has 0 radical (unpaired) electrons. The summed E-state index contributed by atoms with van der Waals surface area (Å²) in [5, 5.41) is 1.18. The van der Waals surface area contributed by atoms with Crippen LogP contribution in [-0.2, 0) is 0 Å². The molecule has 3 nitrogen and oxygen atoms in total. The van der Waals surface area contributed by atoms with Crippen LogP contribution in [0.4, 0.5) is 0 Å². The van der Waals surface area contributed by atoms with E-state index < -0.39 is 0 Å². The number of rotatable bonds is 3. The van der Waals surface area contributed by atoms with Crippen molar-refractivity contribution in [2.45, 2.75) is 0 Å². The van der Waals surface area contributed by atoms with Crippen molar-refractivity contribution in [2.75, 3.05) is 0 Å². The normalized spacial score (nSPS) is 11.1. The molecule has 0 fully saturated rings. The van der Waals surface area contributed by atoms with Gasteiger partial charge in [0.2, 0.25) is 0 Å². The summed E-state index contributed by atoms with van der Waals surface area (Å²) in [6, 6.07) is 29.1. The maximum absolute atomic E-state index is 4.95. The Hall–Kier alpha value is -3.59. The summed E-state index contributed by atoms with van der Waals surface area (Å²) in [6.07, 6.45) is 1.96. The molecule has 2 aromatic heterocycles. The maximum Gasteiger partial charge on any atom is 0.138 e. The molecule has 2 heterocycles. The molecule has 0 amide bonds. The molecule has 5 rings (SSSR count). The molecular weight excluding hydrogens is 318 g/mol. The number of nitrogens with zero attached hydrogens (tertiary/aromatic N) is 1. The molecule has 0 unspecified atom stereocenters. The van der Waals surface area contributed by atoms with Crippen LogP contribution in [0.1, 0.15) is 0 Å². The molecule has 26 heavy (non-hydrogen) atoms. The van der Waals surface area contributed by atoms with Gasteiger partial charge in [-0.1, -0.05) is 60.7 Å². The molecule has 0 aliphatic rings. The zero-order valence-electron chi connectivity index (χ0n) is 14.1. The SMILES string of the molecule is c1ccc(-c2nc(-c3ccc4[nH]ccc4c3)[nH]c2-c2ccccc2)cc1. The number of hydrogen-bond acceptors (Lipinski definition) is 1. The second-order valence-electron chi connectivity index (χ2n) is 6.32. The van der Waals surface area contributed by atoms with Crippen molar-refractivity contribution in [3.8, 4) is 33.9 Å². The first-order chi connectivity index (χ1) is 12.9. The van der Waals surface area contributed by atoms with Gasteiger partial charge >= 0.3 is 0 Å². The minimum atomic E-state index is 0.880. The van der Waals surface area contributed by atoms with Crippen molar-refractivity contribution in [2.24, 2.45) is 0 Å². The Morgan fingerprint density at radius 1 is 0.654 bits per heavy atom. The number of benzene rings is 3. The second kappa shape index (κ2) is 6.05. The van der Waals surface area contributed by atoms with Gasteiger partial charge in [-0.2, -0.15) is 0 Å². The monoisotopic (exact) mass is 335 g/mol. The van der Waals surface area contributed by atoms with Crippen molar-refractivity contribution in [1.82, 2.24) is 15.0 Å². The molecule has 3 aromatic carbocycles. The van der Waals surface area contributed by atoms with Crippen LogP contribution in [0.2, 0.25) is 0 Å². The first kappa shape index (κ1) is 14.7. The fourth-order valence-corrected chi connectivity index (χ4v) is 3.33. The quantitative estimate of drug-likeness (QED) is 0.424. The highest BCUT2D eigenvalue weighted by atomic mass is 14.9.